The molecule has 1 aliphatic rings. The Morgan fingerprint density at radius 1 is 0.637 bits per heavy atom. The van der Waals surface area contributed by atoms with Crippen molar-refractivity contribution < 1.29 is 51.4 Å². The van der Waals surface area contributed by atoms with Crippen molar-refractivity contribution in [1.82, 2.24) is 44.5 Å². The summed E-state index contributed by atoms with van der Waals surface area (Å²) in [6.45, 7) is 18.1. The fraction of sp³-hybridized carbons (Fsp3) is 0.200. The SMILES string of the molecule is CCOC(=O)[C@@H](OC(C)(C)C)c1c(C)cc2nc(Br)sc2c1-c1ccc(Cl)cc1.Cn1nc(-c2cccnc2)c2cc(B3OC(C)(C)C(C)(C)O3)ccc21.Cn1nc(-c2cccnc2)c2cc(Br)ccc21.O=C(c1cccnc1)c1cc(Br)ccc1F.O=Cc1cc(Br)ccc1F.OC(c1cccnc1)c1cc(Br)ccc1F. The fourth-order valence-corrected chi connectivity index (χ4v) is 14.8. The van der Waals surface area contributed by atoms with Gasteiger partial charge >= 0.3 is 13.1 Å². The van der Waals surface area contributed by atoms with Gasteiger partial charge in [0.2, 0.25) is 0 Å². The van der Waals surface area contributed by atoms with E-state index in [1.807, 2.05) is 124 Å². The van der Waals surface area contributed by atoms with E-state index in [-0.39, 0.29) is 47.4 Å². The molecule has 14 aromatic rings. The van der Waals surface area contributed by atoms with Crippen LogP contribution in [0.5, 0.6) is 0 Å². The molecule has 113 heavy (non-hydrogen) atoms. The Bertz CT molecular complexity index is 5660. The number of hydrogen-bond acceptors (Lipinski definition) is 16. The highest BCUT2D eigenvalue weighted by Gasteiger charge is 2.52. The monoisotopic (exact) mass is 1880 g/mol. The molecule has 17 nitrogen and oxygen atoms in total. The van der Waals surface area contributed by atoms with Gasteiger partial charge in [0.1, 0.15) is 34.9 Å². The molecule has 0 bridgehead atoms. The van der Waals surface area contributed by atoms with Gasteiger partial charge in [-0.3, -0.25) is 38.9 Å². The van der Waals surface area contributed by atoms with Gasteiger partial charge in [-0.05, 0) is 234 Å². The average molecular weight is 1890 g/mol. The number of aliphatic hydroxyl groups excluding tert-OH is 1. The molecule has 0 saturated carbocycles. The Hall–Kier alpha value is -8.84. The Balaban J connectivity index is 0.000000148. The number of rotatable bonds is 13. The van der Waals surface area contributed by atoms with Gasteiger partial charge in [0, 0.05) is 136 Å². The van der Waals surface area contributed by atoms with E-state index < -0.39 is 41.2 Å². The maximum atomic E-state index is 13.5. The normalized spacial score (nSPS) is 13.2. The second-order valence-electron chi connectivity index (χ2n) is 27.5. The number of carbonyl (C=O) groups excluding carboxylic acids is 3. The van der Waals surface area contributed by atoms with Crippen LogP contribution in [0, 0.1) is 24.4 Å². The summed E-state index contributed by atoms with van der Waals surface area (Å²) >= 11 is 24.2. The summed E-state index contributed by atoms with van der Waals surface area (Å²) in [5.41, 5.74) is 11.6. The molecule has 2 atom stereocenters. The number of nitrogens with zero attached hydrogens (tertiary/aromatic N) is 9. The van der Waals surface area contributed by atoms with E-state index in [1.54, 1.807) is 80.2 Å². The van der Waals surface area contributed by atoms with Gasteiger partial charge in [-0.2, -0.15) is 10.2 Å². The number of fused-ring (bicyclic) bond motifs is 3. The summed E-state index contributed by atoms with van der Waals surface area (Å²) in [7, 11) is 3.53. The predicted octanol–water partition coefficient (Wildman–Crippen LogP) is 22.1. The van der Waals surface area contributed by atoms with Crippen LogP contribution < -0.4 is 5.46 Å². The topological polar surface area (TPSA) is 208 Å². The standard InChI is InChI=1S/C22H23BrClNO3S.C19H22BN3O2.C13H10BrN3.C12H9BrFNO.C12H7BrFNO.C7H4BrFO/c1-6-27-20(26)18(28-22(3,4)5)16-12(2)11-15-19(29-21(23)25-15)17(16)13-7-9-14(24)10-8-13;1-18(2)19(3,4)25-20(24-18)14-8-9-16-15(11-14)17(22-23(16)5)13-7-6-10-21-12-13;1-17-12-5-4-10(14)7-11(12)13(16-17)9-3-2-6-15-8-9;2*13-9-3-4-11(14)10(6-9)12(16)8-2-1-5-15-7-8;8-6-1-2-7(9)5(3-6)4-10/h7-11,18H,6H2,1-5H3;6-12H,1-5H3;2-8H,1H3;1-7,12,16H;1-7H;1-4H/t18-;;;;;/m0...../s1. The Morgan fingerprint density at radius 3 is 1.70 bits per heavy atom. The highest BCUT2D eigenvalue weighted by molar-refractivity contribution is 9.11. The molecule has 1 saturated heterocycles. The molecule has 0 spiro atoms. The van der Waals surface area contributed by atoms with E-state index in [9.17, 15) is 32.7 Å². The number of carbonyl (C=O) groups is 3. The van der Waals surface area contributed by atoms with Crippen molar-refractivity contribution in [2.75, 3.05) is 6.61 Å². The Kier molecular flexibility index (Phi) is 29.5. The molecule has 15 rings (SSSR count). The lowest BCUT2D eigenvalue weighted by atomic mass is 9.78. The molecule has 7 aromatic carbocycles. The highest BCUT2D eigenvalue weighted by atomic mass is 79.9. The molecule has 7 aromatic heterocycles. The minimum Gasteiger partial charge on any atom is -0.464 e. The smallest absolute Gasteiger partial charge is 0.464 e. The second kappa shape index (κ2) is 38.5. The zero-order valence-corrected chi connectivity index (χ0v) is 72.4. The fourth-order valence-electron chi connectivity index (χ4n) is 11.7. The Labute approximate surface area is 703 Å². The molecule has 0 radical (unpaired) electrons. The summed E-state index contributed by atoms with van der Waals surface area (Å²) in [6, 6.07) is 49.5. The van der Waals surface area contributed by atoms with Gasteiger partial charge in [-0.25, -0.2) is 22.9 Å². The number of ketones is 1. The molecule has 0 amide bonds. The van der Waals surface area contributed by atoms with Crippen LogP contribution in [0.2, 0.25) is 5.02 Å². The van der Waals surface area contributed by atoms with Gasteiger partial charge in [0.15, 0.2) is 22.1 Å². The maximum absolute atomic E-state index is 13.5. The summed E-state index contributed by atoms with van der Waals surface area (Å²) in [4.78, 5) is 55.7. The molecule has 8 heterocycles. The minimum atomic E-state index is -0.994. The number of aldehydes is 1. The quantitative estimate of drug-likeness (QED) is 0.0493. The predicted molar refractivity (Wildman–Crippen MR) is 458 cm³/mol. The van der Waals surface area contributed by atoms with Gasteiger partial charge in [-0.15, -0.1) is 11.3 Å². The zero-order valence-electron chi connectivity index (χ0n) is 62.9. The maximum Gasteiger partial charge on any atom is 0.494 e. The van der Waals surface area contributed by atoms with Crippen LogP contribution in [0.1, 0.15) is 116 Å². The van der Waals surface area contributed by atoms with Gasteiger partial charge in [0.25, 0.3) is 0 Å². The van der Waals surface area contributed by atoms with Crippen LogP contribution in [-0.2, 0) is 37.7 Å². The van der Waals surface area contributed by atoms with Crippen LogP contribution in [0.3, 0.4) is 0 Å². The number of aliphatic hydroxyl groups is 1. The third kappa shape index (κ3) is 22.0. The van der Waals surface area contributed by atoms with Crippen molar-refractivity contribution in [3.05, 3.63) is 303 Å². The summed E-state index contributed by atoms with van der Waals surface area (Å²) in [5.74, 6) is -2.22. The number of benzene rings is 7. The number of halogens is 9. The van der Waals surface area contributed by atoms with Crippen molar-refractivity contribution in [3.63, 3.8) is 0 Å². The number of pyridine rings is 4. The van der Waals surface area contributed by atoms with Crippen molar-refractivity contribution in [1.29, 1.82) is 0 Å². The van der Waals surface area contributed by atoms with E-state index in [0.29, 0.717) is 31.4 Å². The largest absolute Gasteiger partial charge is 0.494 e. The first kappa shape index (κ1) is 86.6. The van der Waals surface area contributed by atoms with Crippen molar-refractivity contribution in [2.45, 2.75) is 91.3 Å². The van der Waals surface area contributed by atoms with Crippen LogP contribution in [0.25, 0.3) is 65.7 Å². The Morgan fingerprint density at radius 2 is 1.16 bits per heavy atom. The van der Waals surface area contributed by atoms with Crippen LogP contribution in [0.4, 0.5) is 13.2 Å². The second-order valence-corrected chi connectivity index (χ2v) is 33.8. The molecule has 1 N–H and O–H groups in total. The number of aryl methyl sites for hydroxylation is 3. The molecule has 28 heteroatoms. The van der Waals surface area contributed by atoms with Crippen LogP contribution in [-0.4, -0.2) is 98.2 Å². The van der Waals surface area contributed by atoms with Gasteiger partial charge < -0.3 is 23.9 Å². The lowest BCUT2D eigenvalue weighted by Gasteiger charge is -2.32. The highest BCUT2D eigenvalue weighted by Crippen LogP contribution is 2.45. The number of ether oxygens (including phenoxy) is 2. The molecule has 1 unspecified atom stereocenters. The van der Waals surface area contributed by atoms with Crippen LogP contribution in [0.15, 0.2) is 241 Å². The summed E-state index contributed by atoms with van der Waals surface area (Å²) in [6.07, 6.45) is 12.0. The lowest BCUT2D eigenvalue weighted by molar-refractivity contribution is -0.166. The van der Waals surface area contributed by atoms with E-state index >= 15 is 0 Å². The van der Waals surface area contributed by atoms with Crippen molar-refractivity contribution in [3.8, 4) is 33.6 Å². The first-order valence-electron chi connectivity index (χ1n) is 35.0. The van der Waals surface area contributed by atoms with E-state index in [4.69, 9.17) is 30.4 Å². The molecular weight excluding hydrogens is 1810 g/mol. The number of aromatic nitrogens is 9. The first-order valence-corrected chi connectivity index (χ1v) is 40.2. The minimum absolute atomic E-state index is 0.0439. The third-order valence-corrected chi connectivity index (χ3v) is 21.6. The lowest BCUT2D eigenvalue weighted by Crippen LogP contribution is -2.41. The zero-order chi connectivity index (χ0) is 81.6. The van der Waals surface area contributed by atoms with E-state index in [0.717, 1.165) is 95.1 Å². The van der Waals surface area contributed by atoms with Gasteiger partial charge in [-0.1, -0.05) is 106 Å². The number of esters is 1. The number of hydrogen-bond donors (Lipinski definition) is 1. The molecule has 1 fully saturated rings. The van der Waals surface area contributed by atoms with Crippen molar-refractivity contribution >= 4 is 165 Å². The number of thiazole rings is 1. The first-order chi connectivity index (χ1) is 53.7. The van der Waals surface area contributed by atoms with E-state index in [2.05, 4.69) is 173 Å². The molecule has 580 valence electrons. The molecule has 0 aliphatic carbocycles. The molecule has 1 aliphatic heterocycles. The van der Waals surface area contributed by atoms with Crippen LogP contribution >= 0.6 is 103 Å². The summed E-state index contributed by atoms with van der Waals surface area (Å²) < 4.78 is 72.2. The molecular formula is C85H75BBr5ClF3N9O8S. The summed E-state index contributed by atoms with van der Waals surface area (Å²) in [5, 5.41) is 22.1. The van der Waals surface area contributed by atoms with Gasteiger partial charge in [0.05, 0.1) is 55.8 Å². The third-order valence-electron chi connectivity index (χ3n) is 17.8. The average Bonchev–Trinajstić information content (AvgIpc) is 1.71. The van der Waals surface area contributed by atoms with E-state index in [1.165, 1.54) is 54.1 Å². The van der Waals surface area contributed by atoms with Crippen molar-refractivity contribution in [2.24, 2.45) is 14.1 Å².